The van der Waals surface area contributed by atoms with E-state index >= 15 is 0 Å². The summed E-state index contributed by atoms with van der Waals surface area (Å²) in [7, 11) is -3.02. The van der Waals surface area contributed by atoms with Crippen molar-refractivity contribution in [1.29, 1.82) is 0 Å². The van der Waals surface area contributed by atoms with E-state index in [1.807, 2.05) is 19.1 Å². The SMILES string of the molecule is CCCN(C(=O)c1ccc(Cn2cncn2)cc1)C1CCS(=O)(=O)C1. The lowest BCUT2D eigenvalue weighted by Gasteiger charge is -2.28. The van der Waals surface area contributed by atoms with Crippen LogP contribution >= 0.6 is 0 Å². The number of carbonyl (C=O) groups is 1. The number of benzene rings is 1. The van der Waals surface area contributed by atoms with Gasteiger partial charge in [0.1, 0.15) is 12.7 Å². The van der Waals surface area contributed by atoms with Crippen LogP contribution in [0.4, 0.5) is 0 Å². The Hall–Kier alpha value is -2.22. The minimum absolute atomic E-state index is 0.0725. The largest absolute Gasteiger partial charge is 0.335 e. The molecule has 1 aromatic carbocycles. The van der Waals surface area contributed by atoms with Crippen LogP contribution in [0.3, 0.4) is 0 Å². The van der Waals surface area contributed by atoms with E-state index in [0.717, 1.165) is 12.0 Å². The third kappa shape index (κ3) is 4.25. The first-order valence-corrected chi connectivity index (χ1v) is 10.2. The summed E-state index contributed by atoms with van der Waals surface area (Å²) in [6.45, 7) is 3.15. The second kappa shape index (κ2) is 7.35. The molecule has 134 valence electrons. The van der Waals surface area contributed by atoms with Crippen LogP contribution in [-0.4, -0.2) is 58.1 Å². The maximum Gasteiger partial charge on any atom is 0.254 e. The number of rotatable bonds is 6. The molecule has 1 amide bonds. The van der Waals surface area contributed by atoms with Crippen LogP contribution in [-0.2, 0) is 16.4 Å². The van der Waals surface area contributed by atoms with Crippen LogP contribution in [0.25, 0.3) is 0 Å². The molecule has 1 unspecified atom stereocenters. The molecular weight excluding hydrogens is 340 g/mol. The van der Waals surface area contributed by atoms with Gasteiger partial charge in [0.25, 0.3) is 5.91 Å². The Labute approximate surface area is 147 Å². The number of nitrogens with zero attached hydrogens (tertiary/aromatic N) is 4. The van der Waals surface area contributed by atoms with Gasteiger partial charge in [-0.3, -0.25) is 4.79 Å². The van der Waals surface area contributed by atoms with Crippen LogP contribution in [0.15, 0.2) is 36.9 Å². The summed E-state index contributed by atoms with van der Waals surface area (Å²) in [6.07, 6.45) is 4.45. The van der Waals surface area contributed by atoms with Gasteiger partial charge in [-0.2, -0.15) is 5.10 Å². The molecule has 25 heavy (non-hydrogen) atoms. The number of hydrogen-bond acceptors (Lipinski definition) is 5. The van der Waals surface area contributed by atoms with E-state index in [1.165, 1.54) is 6.33 Å². The third-order valence-corrected chi connectivity index (χ3v) is 6.14. The quantitative estimate of drug-likeness (QED) is 0.775. The second-order valence-electron chi connectivity index (χ2n) is 6.35. The fraction of sp³-hybridized carbons (Fsp3) is 0.471. The molecule has 0 bridgehead atoms. The van der Waals surface area contributed by atoms with E-state index in [-0.39, 0.29) is 23.5 Å². The van der Waals surface area contributed by atoms with Gasteiger partial charge in [0.05, 0.1) is 18.1 Å². The maximum absolute atomic E-state index is 12.9. The predicted octanol–water partition coefficient (Wildman–Crippen LogP) is 1.37. The third-order valence-electron chi connectivity index (χ3n) is 4.39. The van der Waals surface area contributed by atoms with Gasteiger partial charge in [0.15, 0.2) is 9.84 Å². The summed E-state index contributed by atoms with van der Waals surface area (Å²) >= 11 is 0. The first-order valence-electron chi connectivity index (χ1n) is 8.41. The normalized spacial score (nSPS) is 19.0. The molecule has 1 atom stereocenters. The lowest BCUT2D eigenvalue weighted by molar-refractivity contribution is 0.0697. The molecule has 7 nitrogen and oxygen atoms in total. The lowest BCUT2D eigenvalue weighted by Crippen LogP contribution is -2.41. The number of carbonyl (C=O) groups excluding carboxylic acids is 1. The van der Waals surface area contributed by atoms with Crippen LogP contribution < -0.4 is 0 Å². The molecule has 1 saturated heterocycles. The van der Waals surface area contributed by atoms with Crippen molar-refractivity contribution in [3.8, 4) is 0 Å². The summed E-state index contributed by atoms with van der Waals surface area (Å²) in [4.78, 5) is 18.5. The summed E-state index contributed by atoms with van der Waals surface area (Å²) in [5.74, 6) is 0.141. The first-order chi connectivity index (χ1) is 12.0. The van der Waals surface area contributed by atoms with E-state index in [9.17, 15) is 13.2 Å². The molecule has 8 heteroatoms. The zero-order chi connectivity index (χ0) is 17.9. The Bertz CT molecular complexity index is 816. The number of amides is 1. The summed E-state index contributed by atoms with van der Waals surface area (Å²) in [5.41, 5.74) is 1.60. The minimum atomic E-state index is -3.02. The number of hydrogen-bond donors (Lipinski definition) is 0. The Balaban J connectivity index is 1.73. The summed E-state index contributed by atoms with van der Waals surface area (Å²) in [6, 6.07) is 7.16. The molecule has 0 spiro atoms. The molecular formula is C17H22N4O3S. The number of aromatic nitrogens is 3. The molecule has 0 aliphatic carbocycles. The van der Waals surface area contributed by atoms with Crippen molar-refractivity contribution in [2.24, 2.45) is 0 Å². The topological polar surface area (TPSA) is 85.2 Å². The smallest absolute Gasteiger partial charge is 0.254 e. The van der Waals surface area contributed by atoms with Crippen molar-refractivity contribution in [2.75, 3.05) is 18.1 Å². The van der Waals surface area contributed by atoms with Gasteiger partial charge in [0.2, 0.25) is 0 Å². The van der Waals surface area contributed by atoms with Crippen molar-refractivity contribution in [1.82, 2.24) is 19.7 Å². The van der Waals surface area contributed by atoms with Crippen molar-refractivity contribution < 1.29 is 13.2 Å². The van der Waals surface area contributed by atoms with Gasteiger partial charge in [-0.1, -0.05) is 19.1 Å². The van der Waals surface area contributed by atoms with E-state index in [1.54, 1.807) is 28.0 Å². The van der Waals surface area contributed by atoms with Crippen molar-refractivity contribution in [3.05, 3.63) is 48.0 Å². The fourth-order valence-corrected chi connectivity index (χ4v) is 4.86. The van der Waals surface area contributed by atoms with Gasteiger partial charge >= 0.3 is 0 Å². The van der Waals surface area contributed by atoms with Gasteiger partial charge in [-0.05, 0) is 30.5 Å². The molecule has 1 aliphatic rings. The van der Waals surface area contributed by atoms with Crippen LogP contribution in [0.5, 0.6) is 0 Å². The van der Waals surface area contributed by atoms with Crippen molar-refractivity contribution in [2.45, 2.75) is 32.4 Å². The van der Waals surface area contributed by atoms with E-state index in [2.05, 4.69) is 10.1 Å². The average Bonchev–Trinajstić information content (AvgIpc) is 3.22. The van der Waals surface area contributed by atoms with E-state index in [4.69, 9.17) is 0 Å². The van der Waals surface area contributed by atoms with Crippen molar-refractivity contribution in [3.63, 3.8) is 0 Å². The van der Waals surface area contributed by atoms with Gasteiger partial charge in [0, 0.05) is 18.2 Å². The van der Waals surface area contributed by atoms with E-state index in [0.29, 0.717) is 25.1 Å². The van der Waals surface area contributed by atoms with Crippen molar-refractivity contribution >= 4 is 15.7 Å². The Morgan fingerprint density at radius 1 is 1.32 bits per heavy atom. The average molecular weight is 362 g/mol. The summed E-state index contributed by atoms with van der Waals surface area (Å²) in [5, 5.41) is 4.06. The Kier molecular flexibility index (Phi) is 5.17. The Morgan fingerprint density at radius 3 is 2.64 bits per heavy atom. The highest BCUT2D eigenvalue weighted by Crippen LogP contribution is 2.20. The maximum atomic E-state index is 12.9. The van der Waals surface area contributed by atoms with Crippen LogP contribution in [0.2, 0.25) is 0 Å². The highest BCUT2D eigenvalue weighted by molar-refractivity contribution is 7.91. The highest BCUT2D eigenvalue weighted by Gasteiger charge is 2.34. The zero-order valence-electron chi connectivity index (χ0n) is 14.2. The molecule has 0 saturated carbocycles. The second-order valence-corrected chi connectivity index (χ2v) is 8.57. The molecule has 0 radical (unpaired) electrons. The summed E-state index contributed by atoms with van der Waals surface area (Å²) < 4.78 is 25.2. The number of sulfone groups is 1. The monoisotopic (exact) mass is 362 g/mol. The predicted molar refractivity (Wildman–Crippen MR) is 94.0 cm³/mol. The molecule has 2 aromatic rings. The molecule has 1 fully saturated rings. The molecule has 3 rings (SSSR count). The Morgan fingerprint density at radius 2 is 2.08 bits per heavy atom. The molecule has 1 aromatic heterocycles. The standard InChI is InChI=1S/C17H22N4O3S/c1-2-8-21(16-7-9-25(23,24)11-16)17(22)15-5-3-14(4-6-15)10-20-13-18-12-19-20/h3-6,12-13,16H,2,7-11H2,1H3. The van der Waals surface area contributed by atoms with Gasteiger partial charge in [-0.15, -0.1) is 0 Å². The molecule has 1 aliphatic heterocycles. The zero-order valence-corrected chi connectivity index (χ0v) is 15.0. The minimum Gasteiger partial charge on any atom is -0.335 e. The lowest BCUT2D eigenvalue weighted by atomic mass is 10.1. The highest BCUT2D eigenvalue weighted by atomic mass is 32.2. The van der Waals surface area contributed by atoms with Gasteiger partial charge in [-0.25, -0.2) is 18.1 Å². The van der Waals surface area contributed by atoms with Crippen LogP contribution in [0.1, 0.15) is 35.7 Å². The van der Waals surface area contributed by atoms with Gasteiger partial charge < -0.3 is 4.90 Å². The molecule has 2 heterocycles. The van der Waals surface area contributed by atoms with E-state index < -0.39 is 9.84 Å². The fourth-order valence-electron chi connectivity index (χ4n) is 3.13. The van der Waals surface area contributed by atoms with Crippen LogP contribution in [0, 0.1) is 0 Å². The first kappa shape index (κ1) is 17.6. The molecule has 0 N–H and O–H groups in total.